The maximum Gasteiger partial charge on any atom is 0.257 e. The van der Waals surface area contributed by atoms with Crippen molar-refractivity contribution in [2.75, 3.05) is 32.1 Å². The summed E-state index contributed by atoms with van der Waals surface area (Å²) >= 11 is 0. The number of carbonyl (C=O) groups excluding carboxylic acids is 2. The lowest BCUT2D eigenvalue weighted by Gasteiger charge is -2.20. The number of rotatable bonds is 8. The summed E-state index contributed by atoms with van der Waals surface area (Å²) in [5.74, 6) is 0.0490. The van der Waals surface area contributed by atoms with Gasteiger partial charge < -0.3 is 20.4 Å². The predicted molar refractivity (Wildman–Crippen MR) is 147 cm³/mol. The molecule has 0 saturated carbocycles. The molecule has 10 heteroatoms. The van der Waals surface area contributed by atoms with Crippen LogP contribution in [-0.2, 0) is 7.05 Å². The van der Waals surface area contributed by atoms with Gasteiger partial charge in [0.05, 0.1) is 23.9 Å². The third-order valence-electron chi connectivity index (χ3n) is 7.13. The number of ether oxygens (including phenoxy) is 1. The molecule has 1 saturated heterocycles. The van der Waals surface area contributed by atoms with E-state index in [0.29, 0.717) is 40.9 Å². The lowest BCUT2D eigenvalue weighted by molar-refractivity contribution is 0.0946. The fourth-order valence-electron chi connectivity index (χ4n) is 4.92. The third kappa shape index (κ3) is 5.26. The SMILES string of the molecule is COc1nn(C)cc1-c1cc2cc(C(=O)Nc3cc(C(=O)NCCN4CCC[C@@H]4C)ccc3C)cnc2[nH]1. The number of H-pyrrole nitrogens is 1. The summed E-state index contributed by atoms with van der Waals surface area (Å²) in [6.07, 6.45) is 5.81. The molecule has 0 unspecified atom stereocenters. The second-order valence-corrected chi connectivity index (χ2v) is 9.84. The molecule has 0 bridgehead atoms. The number of amides is 2. The second kappa shape index (κ2) is 10.7. The molecule has 0 radical (unpaired) electrons. The number of nitrogens with one attached hydrogen (secondary N) is 3. The first-order chi connectivity index (χ1) is 18.3. The minimum atomic E-state index is -0.301. The average Bonchev–Trinajstić information content (AvgIpc) is 3.62. The Kier molecular flexibility index (Phi) is 7.15. The summed E-state index contributed by atoms with van der Waals surface area (Å²) in [6, 6.07) is 9.60. The summed E-state index contributed by atoms with van der Waals surface area (Å²) in [4.78, 5) is 36.0. The Balaban J connectivity index is 1.28. The van der Waals surface area contributed by atoms with E-state index >= 15 is 0 Å². The molecule has 3 aromatic heterocycles. The molecule has 4 heterocycles. The maximum atomic E-state index is 13.1. The quantitative estimate of drug-likeness (QED) is 0.329. The fourth-order valence-corrected chi connectivity index (χ4v) is 4.92. The largest absolute Gasteiger partial charge is 0.479 e. The van der Waals surface area contributed by atoms with E-state index in [0.717, 1.165) is 35.3 Å². The van der Waals surface area contributed by atoms with Gasteiger partial charge in [-0.15, -0.1) is 5.10 Å². The number of hydrogen-bond donors (Lipinski definition) is 3. The van der Waals surface area contributed by atoms with Crippen LogP contribution < -0.4 is 15.4 Å². The lowest BCUT2D eigenvalue weighted by atomic mass is 10.1. The number of nitrogens with zero attached hydrogens (tertiary/aromatic N) is 4. The van der Waals surface area contributed by atoms with Gasteiger partial charge in [0.25, 0.3) is 11.8 Å². The van der Waals surface area contributed by atoms with Crippen LogP contribution in [0, 0.1) is 6.92 Å². The Hall–Kier alpha value is -4.18. The smallest absolute Gasteiger partial charge is 0.257 e. The van der Waals surface area contributed by atoms with E-state index in [1.54, 1.807) is 30.0 Å². The van der Waals surface area contributed by atoms with Crippen molar-refractivity contribution in [2.24, 2.45) is 7.05 Å². The summed E-state index contributed by atoms with van der Waals surface area (Å²) in [7, 11) is 3.40. The molecule has 2 amide bonds. The molecule has 10 nitrogen and oxygen atoms in total. The summed E-state index contributed by atoms with van der Waals surface area (Å²) in [6.45, 7) is 6.64. The van der Waals surface area contributed by atoms with Crippen molar-refractivity contribution in [1.82, 2.24) is 30.0 Å². The highest BCUT2D eigenvalue weighted by Crippen LogP contribution is 2.30. The van der Waals surface area contributed by atoms with Gasteiger partial charge in [-0.25, -0.2) is 4.98 Å². The van der Waals surface area contributed by atoms with Crippen molar-refractivity contribution in [3.8, 4) is 17.1 Å². The van der Waals surface area contributed by atoms with E-state index in [2.05, 4.69) is 37.5 Å². The zero-order valence-electron chi connectivity index (χ0n) is 22.2. The molecular formula is C28H33N7O3. The molecular weight excluding hydrogens is 482 g/mol. The highest BCUT2D eigenvalue weighted by molar-refractivity contribution is 6.07. The molecule has 3 N–H and O–H groups in total. The number of hydrogen-bond acceptors (Lipinski definition) is 6. The summed E-state index contributed by atoms with van der Waals surface area (Å²) in [5, 5.41) is 11.0. The van der Waals surface area contributed by atoms with Crippen molar-refractivity contribution >= 4 is 28.5 Å². The molecule has 198 valence electrons. The number of anilines is 1. The molecule has 1 aliphatic rings. The van der Waals surface area contributed by atoms with Gasteiger partial charge in [0.1, 0.15) is 5.65 Å². The number of pyridine rings is 1. The molecule has 1 atom stereocenters. The first-order valence-corrected chi connectivity index (χ1v) is 12.8. The number of carbonyl (C=O) groups is 2. The van der Waals surface area contributed by atoms with Gasteiger partial charge in [-0.1, -0.05) is 6.07 Å². The van der Waals surface area contributed by atoms with Crippen molar-refractivity contribution in [2.45, 2.75) is 32.7 Å². The van der Waals surface area contributed by atoms with E-state index in [4.69, 9.17) is 4.74 Å². The molecule has 38 heavy (non-hydrogen) atoms. The number of aryl methyl sites for hydroxylation is 2. The summed E-state index contributed by atoms with van der Waals surface area (Å²) in [5.41, 5.74) is 4.63. The minimum Gasteiger partial charge on any atom is -0.479 e. The Morgan fingerprint density at radius 1 is 1.18 bits per heavy atom. The van der Waals surface area contributed by atoms with Gasteiger partial charge in [0.15, 0.2) is 0 Å². The van der Waals surface area contributed by atoms with Gasteiger partial charge in [-0.3, -0.25) is 19.2 Å². The Morgan fingerprint density at radius 3 is 2.79 bits per heavy atom. The first-order valence-electron chi connectivity index (χ1n) is 12.8. The van der Waals surface area contributed by atoms with Crippen LogP contribution >= 0.6 is 0 Å². The zero-order chi connectivity index (χ0) is 26.8. The van der Waals surface area contributed by atoms with Crippen LogP contribution in [0.4, 0.5) is 5.69 Å². The van der Waals surface area contributed by atoms with Crippen LogP contribution in [0.3, 0.4) is 0 Å². The molecule has 1 aliphatic heterocycles. The second-order valence-electron chi connectivity index (χ2n) is 9.84. The molecule has 4 aromatic rings. The Labute approximate surface area is 221 Å². The molecule has 5 rings (SSSR count). The number of fused-ring (bicyclic) bond motifs is 1. The zero-order valence-corrected chi connectivity index (χ0v) is 22.2. The van der Waals surface area contributed by atoms with E-state index in [1.807, 2.05) is 32.3 Å². The highest BCUT2D eigenvalue weighted by atomic mass is 16.5. The molecule has 0 spiro atoms. The van der Waals surface area contributed by atoms with Gasteiger partial charge in [-0.2, -0.15) is 0 Å². The van der Waals surface area contributed by atoms with E-state index < -0.39 is 0 Å². The van der Waals surface area contributed by atoms with Crippen LogP contribution in [0.5, 0.6) is 5.88 Å². The number of benzene rings is 1. The predicted octanol–water partition coefficient (Wildman–Crippen LogP) is 3.75. The van der Waals surface area contributed by atoms with E-state index in [9.17, 15) is 9.59 Å². The lowest BCUT2D eigenvalue weighted by Crippen LogP contribution is -2.36. The fraction of sp³-hybridized carbons (Fsp3) is 0.357. The van der Waals surface area contributed by atoms with Crippen LogP contribution in [0.25, 0.3) is 22.3 Å². The van der Waals surface area contributed by atoms with Gasteiger partial charge in [0, 0.05) is 55.2 Å². The van der Waals surface area contributed by atoms with Crippen molar-refractivity contribution < 1.29 is 14.3 Å². The highest BCUT2D eigenvalue weighted by Gasteiger charge is 2.20. The normalized spacial score (nSPS) is 15.6. The van der Waals surface area contributed by atoms with Crippen LogP contribution in [0.15, 0.2) is 42.7 Å². The molecule has 0 aliphatic carbocycles. The average molecular weight is 516 g/mol. The number of aromatic amines is 1. The third-order valence-corrected chi connectivity index (χ3v) is 7.13. The standard InChI is InChI=1S/C28H33N7O3/c1-17-7-8-19(26(36)29-9-11-35-10-5-6-18(35)2)13-23(17)32-27(37)21-12-20-14-24(31-25(20)30-15-21)22-16-34(3)33-28(22)38-4/h7-8,12-16,18H,5-6,9-11H2,1-4H3,(H,29,36)(H,30,31)(H,32,37)/t18-/m0/s1. The topological polar surface area (TPSA) is 117 Å². The minimum absolute atomic E-state index is 0.152. The molecule has 1 fully saturated rings. The van der Waals surface area contributed by atoms with E-state index in [1.165, 1.54) is 19.0 Å². The van der Waals surface area contributed by atoms with Gasteiger partial charge in [0.2, 0.25) is 5.88 Å². The van der Waals surface area contributed by atoms with Crippen LogP contribution in [0.1, 0.15) is 46.0 Å². The number of likely N-dealkylation sites (tertiary alicyclic amines) is 1. The van der Waals surface area contributed by atoms with Crippen LogP contribution in [-0.4, -0.2) is 69.2 Å². The van der Waals surface area contributed by atoms with Crippen molar-refractivity contribution in [3.63, 3.8) is 0 Å². The van der Waals surface area contributed by atoms with E-state index in [-0.39, 0.29) is 11.8 Å². The Bertz CT molecular complexity index is 1490. The van der Waals surface area contributed by atoms with Crippen molar-refractivity contribution in [1.29, 1.82) is 0 Å². The van der Waals surface area contributed by atoms with Gasteiger partial charge in [-0.05, 0) is 63.1 Å². The molecule has 1 aromatic carbocycles. The summed E-state index contributed by atoms with van der Waals surface area (Å²) < 4.78 is 7.04. The van der Waals surface area contributed by atoms with Gasteiger partial charge >= 0.3 is 0 Å². The maximum absolute atomic E-state index is 13.1. The number of methoxy groups -OCH3 is 1. The number of aromatic nitrogens is 4. The Morgan fingerprint density at radius 2 is 2.03 bits per heavy atom. The van der Waals surface area contributed by atoms with Crippen molar-refractivity contribution in [3.05, 3.63) is 59.4 Å². The monoisotopic (exact) mass is 515 g/mol. The first kappa shape index (κ1) is 25.5. The van der Waals surface area contributed by atoms with Crippen LogP contribution in [0.2, 0.25) is 0 Å².